The molecule has 2 atom stereocenters. The number of nitrogens with zero attached hydrogens (tertiary/aromatic N) is 2. The molecule has 0 saturated heterocycles. The molecule has 0 radical (unpaired) electrons. The number of rotatable bonds is 4. The summed E-state index contributed by atoms with van der Waals surface area (Å²) in [6.45, 7) is 6.03. The maximum absolute atomic E-state index is 13.7. The highest BCUT2D eigenvalue weighted by atomic mass is 19.1. The average molecular weight is 261 g/mol. The van der Waals surface area contributed by atoms with Gasteiger partial charge in [-0.25, -0.2) is 4.39 Å². The van der Waals surface area contributed by atoms with Crippen molar-refractivity contribution in [3.63, 3.8) is 0 Å². The highest BCUT2D eigenvalue weighted by molar-refractivity contribution is 5.23. The Morgan fingerprint density at radius 1 is 1.16 bits per heavy atom. The molecule has 0 amide bonds. The molecule has 2 unspecified atom stereocenters. The smallest absolute Gasteiger partial charge is 0.127 e. The van der Waals surface area contributed by atoms with E-state index in [0.717, 1.165) is 11.3 Å². The first-order valence-corrected chi connectivity index (χ1v) is 6.49. The zero-order valence-electron chi connectivity index (χ0n) is 11.8. The fraction of sp³-hybridized carbons (Fsp3) is 0.400. The monoisotopic (exact) mass is 261 g/mol. The molecule has 1 aromatic carbocycles. The van der Waals surface area contributed by atoms with Crippen LogP contribution in [0, 0.1) is 12.7 Å². The van der Waals surface area contributed by atoms with Crippen molar-refractivity contribution in [3.8, 4) is 0 Å². The Hall–Kier alpha value is -1.68. The van der Waals surface area contributed by atoms with Gasteiger partial charge in [0.2, 0.25) is 0 Å². The van der Waals surface area contributed by atoms with Gasteiger partial charge in [0.1, 0.15) is 5.82 Å². The van der Waals surface area contributed by atoms with Crippen LogP contribution in [0.5, 0.6) is 0 Å². The maximum atomic E-state index is 13.7. The Morgan fingerprint density at radius 2 is 1.79 bits per heavy atom. The molecule has 102 valence electrons. The molecule has 19 heavy (non-hydrogen) atoms. The summed E-state index contributed by atoms with van der Waals surface area (Å²) < 4.78 is 15.5. The van der Waals surface area contributed by atoms with Crippen molar-refractivity contribution < 1.29 is 4.39 Å². The van der Waals surface area contributed by atoms with Crippen LogP contribution in [0.3, 0.4) is 0 Å². The third-order valence-electron chi connectivity index (χ3n) is 3.39. The lowest BCUT2D eigenvalue weighted by molar-refractivity contribution is 0.473. The average Bonchev–Trinajstić information content (AvgIpc) is 2.69. The first-order chi connectivity index (χ1) is 8.99. The summed E-state index contributed by atoms with van der Waals surface area (Å²) in [6.07, 6.45) is 2.00. The molecule has 2 rings (SSSR count). The third kappa shape index (κ3) is 3.01. The lowest BCUT2D eigenvalue weighted by atomic mass is 10.0. The van der Waals surface area contributed by atoms with Crippen molar-refractivity contribution in [2.45, 2.75) is 32.9 Å². The van der Waals surface area contributed by atoms with Crippen LogP contribution in [-0.2, 0) is 7.05 Å². The van der Waals surface area contributed by atoms with Gasteiger partial charge in [-0.3, -0.25) is 4.68 Å². The van der Waals surface area contributed by atoms with Crippen molar-refractivity contribution in [1.29, 1.82) is 0 Å². The molecule has 3 nitrogen and oxygen atoms in total. The van der Waals surface area contributed by atoms with Gasteiger partial charge in [0.25, 0.3) is 0 Å². The van der Waals surface area contributed by atoms with E-state index in [2.05, 4.69) is 17.3 Å². The van der Waals surface area contributed by atoms with Gasteiger partial charge in [0, 0.05) is 36.5 Å². The molecule has 2 aromatic rings. The van der Waals surface area contributed by atoms with E-state index in [9.17, 15) is 4.39 Å². The van der Waals surface area contributed by atoms with Gasteiger partial charge < -0.3 is 5.32 Å². The van der Waals surface area contributed by atoms with Crippen LogP contribution in [0.2, 0.25) is 0 Å². The lowest BCUT2D eigenvalue weighted by Gasteiger charge is -2.20. The highest BCUT2D eigenvalue weighted by Crippen LogP contribution is 2.22. The molecule has 1 heterocycles. The van der Waals surface area contributed by atoms with Gasteiger partial charge >= 0.3 is 0 Å². The Labute approximate surface area is 113 Å². The van der Waals surface area contributed by atoms with Crippen LogP contribution >= 0.6 is 0 Å². The summed E-state index contributed by atoms with van der Waals surface area (Å²) >= 11 is 0. The van der Waals surface area contributed by atoms with E-state index in [0.29, 0.717) is 5.56 Å². The molecule has 1 aromatic heterocycles. The van der Waals surface area contributed by atoms with Gasteiger partial charge in [-0.2, -0.15) is 5.10 Å². The van der Waals surface area contributed by atoms with Gasteiger partial charge in [-0.05, 0) is 26.8 Å². The molecule has 0 fully saturated rings. The van der Waals surface area contributed by atoms with Crippen LogP contribution in [0.25, 0.3) is 0 Å². The van der Waals surface area contributed by atoms with Gasteiger partial charge in [0.05, 0.1) is 5.69 Å². The predicted molar refractivity (Wildman–Crippen MR) is 74.3 cm³/mol. The predicted octanol–water partition coefficient (Wildman–Crippen LogP) is 3.28. The first kappa shape index (κ1) is 13.7. The van der Waals surface area contributed by atoms with E-state index in [1.54, 1.807) is 10.7 Å². The Morgan fingerprint density at radius 3 is 2.37 bits per heavy atom. The zero-order chi connectivity index (χ0) is 14.0. The maximum Gasteiger partial charge on any atom is 0.127 e. The van der Waals surface area contributed by atoms with Crippen molar-refractivity contribution in [3.05, 3.63) is 53.1 Å². The Balaban J connectivity index is 2.13. The number of aryl methyl sites for hydroxylation is 2. The number of halogens is 1. The minimum absolute atomic E-state index is 0.0455. The molecule has 0 spiro atoms. The Bertz CT molecular complexity index is 562. The lowest BCUT2D eigenvalue weighted by Crippen LogP contribution is -2.23. The molecule has 1 N–H and O–H groups in total. The number of hydrogen-bond donors (Lipinski definition) is 1. The molecule has 0 bridgehead atoms. The molecule has 0 saturated carbocycles. The number of hydrogen-bond acceptors (Lipinski definition) is 2. The van der Waals surface area contributed by atoms with Crippen LogP contribution in [0.4, 0.5) is 4.39 Å². The van der Waals surface area contributed by atoms with Crippen molar-refractivity contribution in [2.24, 2.45) is 7.05 Å². The minimum Gasteiger partial charge on any atom is -0.303 e. The standard InChI is InChI=1S/C15H20FN3/c1-10(13-7-5-6-8-15(13)16)17-11(2)14-9-19(4)18-12(14)3/h5-11,17H,1-4H3. The van der Waals surface area contributed by atoms with E-state index >= 15 is 0 Å². The summed E-state index contributed by atoms with van der Waals surface area (Å²) in [4.78, 5) is 0. The van der Waals surface area contributed by atoms with Gasteiger partial charge in [-0.1, -0.05) is 18.2 Å². The molecule has 0 aliphatic carbocycles. The van der Waals surface area contributed by atoms with Crippen molar-refractivity contribution in [1.82, 2.24) is 15.1 Å². The molecular formula is C15H20FN3. The van der Waals surface area contributed by atoms with E-state index < -0.39 is 0 Å². The molecule has 4 heteroatoms. The normalized spacial score (nSPS) is 14.4. The van der Waals surface area contributed by atoms with E-state index in [-0.39, 0.29) is 17.9 Å². The quantitative estimate of drug-likeness (QED) is 0.915. The summed E-state index contributed by atoms with van der Waals surface area (Å²) in [6, 6.07) is 6.96. The number of aromatic nitrogens is 2. The summed E-state index contributed by atoms with van der Waals surface area (Å²) in [7, 11) is 1.91. The van der Waals surface area contributed by atoms with Gasteiger partial charge in [0.15, 0.2) is 0 Å². The molecule has 0 aliphatic rings. The minimum atomic E-state index is -0.169. The zero-order valence-corrected chi connectivity index (χ0v) is 11.8. The SMILES string of the molecule is Cc1nn(C)cc1C(C)NC(C)c1ccccc1F. The second kappa shape index (κ2) is 5.53. The molecule has 0 aliphatic heterocycles. The fourth-order valence-electron chi connectivity index (χ4n) is 2.42. The highest BCUT2D eigenvalue weighted by Gasteiger charge is 2.16. The summed E-state index contributed by atoms with van der Waals surface area (Å²) in [5.41, 5.74) is 2.84. The van der Waals surface area contributed by atoms with Gasteiger partial charge in [-0.15, -0.1) is 0 Å². The molecular weight excluding hydrogens is 241 g/mol. The third-order valence-corrected chi connectivity index (χ3v) is 3.39. The first-order valence-electron chi connectivity index (χ1n) is 6.49. The van der Waals surface area contributed by atoms with E-state index in [1.807, 2.05) is 39.2 Å². The van der Waals surface area contributed by atoms with Crippen molar-refractivity contribution in [2.75, 3.05) is 0 Å². The fourth-order valence-corrected chi connectivity index (χ4v) is 2.42. The number of nitrogens with one attached hydrogen (secondary N) is 1. The van der Waals surface area contributed by atoms with E-state index in [4.69, 9.17) is 0 Å². The summed E-state index contributed by atoms with van der Waals surface area (Å²) in [5.74, 6) is -0.169. The van der Waals surface area contributed by atoms with Crippen LogP contribution in [0.15, 0.2) is 30.5 Å². The van der Waals surface area contributed by atoms with Crippen LogP contribution in [-0.4, -0.2) is 9.78 Å². The van der Waals surface area contributed by atoms with Crippen LogP contribution in [0.1, 0.15) is 42.8 Å². The van der Waals surface area contributed by atoms with E-state index in [1.165, 1.54) is 6.07 Å². The second-order valence-corrected chi connectivity index (χ2v) is 4.98. The summed E-state index contributed by atoms with van der Waals surface area (Å²) in [5, 5.41) is 7.75. The second-order valence-electron chi connectivity index (χ2n) is 4.98. The van der Waals surface area contributed by atoms with Crippen molar-refractivity contribution >= 4 is 0 Å². The Kier molecular flexibility index (Phi) is 4.00. The largest absolute Gasteiger partial charge is 0.303 e. The van der Waals surface area contributed by atoms with Crippen LogP contribution < -0.4 is 5.32 Å². The number of benzene rings is 1. The topological polar surface area (TPSA) is 29.9 Å².